The summed E-state index contributed by atoms with van der Waals surface area (Å²) in [6.45, 7) is 8.86. The molecule has 0 aliphatic carbocycles. The topological polar surface area (TPSA) is 78.4 Å². The molecule has 17 heavy (non-hydrogen) atoms. The van der Waals surface area contributed by atoms with E-state index in [-0.39, 0.29) is 17.7 Å². The van der Waals surface area contributed by atoms with Crippen molar-refractivity contribution in [1.82, 2.24) is 10.6 Å². The summed E-state index contributed by atoms with van der Waals surface area (Å²) in [5.74, 6) is -1.02. The van der Waals surface area contributed by atoms with E-state index >= 15 is 0 Å². The first-order valence-electron chi connectivity index (χ1n) is 5.97. The van der Waals surface area contributed by atoms with Gasteiger partial charge in [0, 0.05) is 6.54 Å². The van der Waals surface area contributed by atoms with Gasteiger partial charge >= 0.3 is 5.97 Å². The molecule has 3 unspecified atom stereocenters. The zero-order valence-electron chi connectivity index (χ0n) is 10.9. The minimum atomic E-state index is -0.982. The van der Waals surface area contributed by atoms with Gasteiger partial charge in [-0.3, -0.25) is 4.79 Å². The molecule has 1 aliphatic rings. The highest BCUT2D eigenvalue weighted by Crippen LogP contribution is 2.22. The highest BCUT2D eigenvalue weighted by Gasteiger charge is 2.36. The van der Waals surface area contributed by atoms with Crippen molar-refractivity contribution in [1.29, 1.82) is 0 Å². The summed E-state index contributed by atoms with van der Waals surface area (Å²) in [5, 5.41) is 14.9. The van der Waals surface area contributed by atoms with Gasteiger partial charge in [0.25, 0.3) is 0 Å². The Morgan fingerprint density at radius 1 is 1.35 bits per heavy atom. The highest BCUT2D eigenvalue weighted by atomic mass is 16.4. The SMILES string of the molecule is CC1CNCC1C(=O)NC(C(=O)O)C(C)(C)C. The molecular weight excluding hydrogens is 220 g/mol. The van der Waals surface area contributed by atoms with Crippen LogP contribution >= 0.6 is 0 Å². The molecule has 0 aromatic heterocycles. The Bertz CT molecular complexity index is 309. The van der Waals surface area contributed by atoms with E-state index in [0.29, 0.717) is 6.54 Å². The molecule has 0 radical (unpaired) electrons. The normalized spacial score (nSPS) is 26.6. The second-order valence-corrected chi connectivity index (χ2v) is 5.89. The van der Waals surface area contributed by atoms with Crippen molar-refractivity contribution < 1.29 is 14.7 Å². The molecule has 0 aromatic rings. The minimum absolute atomic E-state index is 0.126. The summed E-state index contributed by atoms with van der Waals surface area (Å²) in [6.07, 6.45) is 0. The number of amides is 1. The summed E-state index contributed by atoms with van der Waals surface area (Å²) in [5.41, 5.74) is -0.489. The van der Waals surface area contributed by atoms with Crippen LogP contribution in [0.5, 0.6) is 0 Å². The molecule has 5 nitrogen and oxygen atoms in total. The molecule has 3 atom stereocenters. The van der Waals surface area contributed by atoms with Crippen molar-refractivity contribution in [3.05, 3.63) is 0 Å². The van der Waals surface area contributed by atoms with Crippen LogP contribution < -0.4 is 10.6 Å². The van der Waals surface area contributed by atoms with Gasteiger partial charge in [-0.1, -0.05) is 27.7 Å². The summed E-state index contributed by atoms with van der Waals surface area (Å²) < 4.78 is 0. The van der Waals surface area contributed by atoms with E-state index in [1.165, 1.54) is 0 Å². The number of hydrogen-bond donors (Lipinski definition) is 3. The van der Waals surface area contributed by atoms with Crippen molar-refractivity contribution in [2.75, 3.05) is 13.1 Å². The van der Waals surface area contributed by atoms with Crippen molar-refractivity contribution in [2.45, 2.75) is 33.7 Å². The quantitative estimate of drug-likeness (QED) is 0.671. The van der Waals surface area contributed by atoms with Crippen molar-refractivity contribution in [3.8, 4) is 0 Å². The fourth-order valence-corrected chi connectivity index (χ4v) is 2.06. The van der Waals surface area contributed by atoms with Gasteiger partial charge in [0.15, 0.2) is 0 Å². The van der Waals surface area contributed by atoms with Gasteiger partial charge in [-0.15, -0.1) is 0 Å². The Labute approximate surface area is 102 Å². The molecule has 5 heteroatoms. The maximum atomic E-state index is 12.0. The van der Waals surface area contributed by atoms with Crippen LogP contribution in [0.1, 0.15) is 27.7 Å². The lowest BCUT2D eigenvalue weighted by Crippen LogP contribution is -2.51. The number of rotatable bonds is 3. The fourth-order valence-electron chi connectivity index (χ4n) is 2.06. The first-order valence-corrected chi connectivity index (χ1v) is 5.97. The molecule has 3 N–H and O–H groups in total. The van der Waals surface area contributed by atoms with Crippen molar-refractivity contribution in [3.63, 3.8) is 0 Å². The molecule has 0 bridgehead atoms. The average Bonchev–Trinajstić information content (AvgIpc) is 2.58. The largest absolute Gasteiger partial charge is 0.480 e. The molecular formula is C12H22N2O3. The second kappa shape index (κ2) is 5.04. The summed E-state index contributed by atoms with van der Waals surface area (Å²) in [7, 11) is 0. The number of carboxylic acid groups (broad SMARTS) is 1. The number of carbonyl (C=O) groups excluding carboxylic acids is 1. The maximum absolute atomic E-state index is 12.0. The van der Waals surface area contributed by atoms with Gasteiger partial charge in [-0.2, -0.15) is 0 Å². The number of carbonyl (C=O) groups is 2. The molecule has 1 saturated heterocycles. The molecule has 1 fully saturated rings. The predicted molar refractivity (Wildman–Crippen MR) is 64.5 cm³/mol. The monoisotopic (exact) mass is 242 g/mol. The molecule has 1 heterocycles. The van der Waals surface area contributed by atoms with Crippen LogP contribution in [0.4, 0.5) is 0 Å². The predicted octanol–water partition coefficient (Wildman–Crippen LogP) is 0.457. The van der Waals surface area contributed by atoms with Crippen LogP contribution in [0.2, 0.25) is 0 Å². The zero-order valence-corrected chi connectivity index (χ0v) is 10.9. The van der Waals surface area contributed by atoms with E-state index in [1.807, 2.05) is 27.7 Å². The van der Waals surface area contributed by atoms with Crippen LogP contribution in [0.3, 0.4) is 0 Å². The Kier molecular flexibility index (Phi) is 4.14. The van der Waals surface area contributed by atoms with Gasteiger partial charge in [0.05, 0.1) is 5.92 Å². The van der Waals surface area contributed by atoms with Gasteiger partial charge in [0.1, 0.15) is 6.04 Å². The van der Waals surface area contributed by atoms with Gasteiger partial charge in [-0.05, 0) is 17.9 Å². The molecule has 98 valence electrons. The van der Waals surface area contributed by atoms with E-state index in [0.717, 1.165) is 6.54 Å². The van der Waals surface area contributed by atoms with Crippen LogP contribution in [0.25, 0.3) is 0 Å². The molecule has 0 spiro atoms. The fraction of sp³-hybridized carbons (Fsp3) is 0.833. The third-order valence-electron chi connectivity index (χ3n) is 3.25. The lowest BCUT2D eigenvalue weighted by Gasteiger charge is -2.29. The standard InChI is InChI=1S/C12H22N2O3/c1-7-5-13-6-8(7)10(15)14-9(11(16)17)12(2,3)4/h7-9,13H,5-6H2,1-4H3,(H,14,15)(H,16,17). The minimum Gasteiger partial charge on any atom is -0.480 e. The van der Waals surface area contributed by atoms with E-state index in [2.05, 4.69) is 10.6 Å². The Morgan fingerprint density at radius 2 is 1.94 bits per heavy atom. The first kappa shape index (κ1) is 14.0. The second-order valence-electron chi connectivity index (χ2n) is 5.89. The Balaban J connectivity index is 2.68. The molecule has 1 rings (SSSR count). The van der Waals surface area contributed by atoms with Crippen LogP contribution in [0, 0.1) is 17.3 Å². The number of nitrogens with one attached hydrogen (secondary N) is 2. The molecule has 1 aliphatic heterocycles. The van der Waals surface area contributed by atoms with E-state index in [1.54, 1.807) is 0 Å². The summed E-state index contributed by atoms with van der Waals surface area (Å²) in [6, 6.07) is -0.845. The van der Waals surface area contributed by atoms with E-state index in [9.17, 15) is 9.59 Å². The Hall–Kier alpha value is -1.10. The van der Waals surface area contributed by atoms with Crippen LogP contribution in [-0.2, 0) is 9.59 Å². The lowest BCUT2D eigenvalue weighted by molar-refractivity contribution is -0.145. The highest BCUT2D eigenvalue weighted by molar-refractivity contribution is 5.86. The number of aliphatic carboxylic acids is 1. The van der Waals surface area contributed by atoms with E-state index in [4.69, 9.17) is 5.11 Å². The molecule has 0 saturated carbocycles. The van der Waals surface area contributed by atoms with Crippen LogP contribution in [0.15, 0.2) is 0 Å². The molecule has 1 amide bonds. The first-order chi connectivity index (χ1) is 7.73. The summed E-state index contributed by atoms with van der Waals surface area (Å²) in [4.78, 5) is 23.2. The van der Waals surface area contributed by atoms with Crippen molar-refractivity contribution >= 4 is 11.9 Å². The van der Waals surface area contributed by atoms with Crippen LogP contribution in [-0.4, -0.2) is 36.1 Å². The smallest absolute Gasteiger partial charge is 0.326 e. The third-order valence-corrected chi connectivity index (χ3v) is 3.25. The zero-order chi connectivity index (χ0) is 13.2. The van der Waals surface area contributed by atoms with Crippen molar-refractivity contribution in [2.24, 2.45) is 17.3 Å². The Morgan fingerprint density at radius 3 is 2.29 bits per heavy atom. The van der Waals surface area contributed by atoms with Gasteiger partial charge in [0.2, 0.25) is 5.91 Å². The number of hydrogen-bond acceptors (Lipinski definition) is 3. The molecule has 0 aromatic carbocycles. The summed E-state index contributed by atoms with van der Waals surface area (Å²) >= 11 is 0. The van der Waals surface area contributed by atoms with Gasteiger partial charge in [-0.25, -0.2) is 4.79 Å². The third kappa shape index (κ3) is 3.43. The van der Waals surface area contributed by atoms with Gasteiger partial charge < -0.3 is 15.7 Å². The lowest BCUT2D eigenvalue weighted by atomic mass is 9.86. The average molecular weight is 242 g/mol. The maximum Gasteiger partial charge on any atom is 0.326 e. The number of carboxylic acids is 1. The van der Waals surface area contributed by atoms with E-state index < -0.39 is 17.4 Å².